The van der Waals surface area contributed by atoms with E-state index < -0.39 is 0 Å². The molecular weight excluding hydrogens is 390 g/mol. The van der Waals surface area contributed by atoms with E-state index in [2.05, 4.69) is 32.2 Å². The first-order valence-corrected chi connectivity index (χ1v) is 10.8. The van der Waals surface area contributed by atoms with Gasteiger partial charge in [0.2, 0.25) is 17.6 Å². The number of hydrogen-bond donors (Lipinski definition) is 1. The number of amides is 1. The van der Waals surface area contributed by atoms with Crippen molar-refractivity contribution in [3.05, 3.63) is 35.2 Å². The molecule has 1 aromatic carbocycles. The summed E-state index contributed by atoms with van der Waals surface area (Å²) in [5, 5.41) is 7.67. The van der Waals surface area contributed by atoms with Crippen LogP contribution in [0.1, 0.15) is 32.1 Å². The van der Waals surface area contributed by atoms with E-state index in [0.29, 0.717) is 36.0 Å². The van der Waals surface area contributed by atoms with Gasteiger partial charge in [0.25, 0.3) is 0 Å². The van der Waals surface area contributed by atoms with Crippen molar-refractivity contribution in [3.63, 3.8) is 0 Å². The van der Waals surface area contributed by atoms with Crippen LogP contribution in [0.15, 0.2) is 28.8 Å². The van der Waals surface area contributed by atoms with Crippen LogP contribution in [0.25, 0.3) is 11.4 Å². The molecule has 2 aromatic rings. The molecule has 7 nitrogen and oxygen atoms in total. The fraction of sp³-hybridized carbons (Fsp3) is 0.571. The lowest BCUT2D eigenvalue weighted by molar-refractivity contribution is -0.121. The van der Waals surface area contributed by atoms with E-state index in [1.807, 2.05) is 12.1 Å². The average Bonchev–Trinajstić information content (AvgIpc) is 3.21. The number of aromatic nitrogens is 2. The normalized spacial score (nSPS) is 15.5. The Hall–Kier alpha value is -1.96. The summed E-state index contributed by atoms with van der Waals surface area (Å²) in [4.78, 5) is 21.3. The molecule has 0 bridgehead atoms. The molecule has 1 saturated heterocycles. The number of carbonyl (C=O) groups is 1. The van der Waals surface area contributed by atoms with Crippen LogP contribution in [-0.4, -0.2) is 71.7 Å². The van der Waals surface area contributed by atoms with Crippen LogP contribution in [0, 0.1) is 0 Å². The molecular formula is C21H30ClN5O2. The Kier molecular flexibility index (Phi) is 8.46. The average molecular weight is 420 g/mol. The maximum atomic E-state index is 12.0. The number of carbonyl (C=O) groups excluding carboxylic acids is 1. The lowest BCUT2D eigenvalue weighted by Gasteiger charge is -2.33. The van der Waals surface area contributed by atoms with E-state index in [-0.39, 0.29) is 5.91 Å². The van der Waals surface area contributed by atoms with E-state index in [1.54, 1.807) is 12.1 Å². The zero-order valence-electron chi connectivity index (χ0n) is 17.1. The fourth-order valence-electron chi connectivity index (χ4n) is 3.42. The molecule has 158 valence electrons. The van der Waals surface area contributed by atoms with Gasteiger partial charge in [-0.1, -0.05) is 23.7 Å². The third-order valence-electron chi connectivity index (χ3n) is 5.25. The Balaban J connectivity index is 1.27. The third kappa shape index (κ3) is 7.10. The minimum Gasteiger partial charge on any atom is -0.356 e. The van der Waals surface area contributed by atoms with Crippen LogP contribution in [0.3, 0.4) is 0 Å². The van der Waals surface area contributed by atoms with Crippen LogP contribution >= 0.6 is 11.6 Å². The number of aryl methyl sites for hydroxylation is 1. The van der Waals surface area contributed by atoms with Gasteiger partial charge < -0.3 is 19.6 Å². The van der Waals surface area contributed by atoms with Gasteiger partial charge in [-0.25, -0.2) is 0 Å². The second kappa shape index (κ2) is 11.3. The molecule has 1 aliphatic rings. The second-order valence-electron chi connectivity index (χ2n) is 7.35. The van der Waals surface area contributed by atoms with E-state index in [4.69, 9.17) is 16.1 Å². The van der Waals surface area contributed by atoms with E-state index in [1.165, 1.54) is 0 Å². The molecule has 1 amide bonds. The molecule has 2 heterocycles. The van der Waals surface area contributed by atoms with Crippen LogP contribution in [-0.2, 0) is 11.2 Å². The van der Waals surface area contributed by atoms with Gasteiger partial charge in [-0.15, -0.1) is 0 Å². The zero-order chi connectivity index (χ0) is 20.5. The lowest BCUT2D eigenvalue weighted by Crippen LogP contribution is -2.46. The topological polar surface area (TPSA) is 74.5 Å². The number of likely N-dealkylation sites (N-methyl/N-ethyl adjacent to an activating group) is 1. The van der Waals surface area contributed by atoms with Crippen LogP contribution < -0.4 is 5.32 Å². The maximum Gasteiger partial charge on any atom is 0.226 e. The Morgan fingerprint density at radius 1 is 1.14 bits per heavy atom. The molecule has 0 unspecified atom stereocenters. The smallest absolute Gasteiger partial charge is 0.226 e. The maximum absolute atomic E-state index is 12.0. The summed E-state index contributed by atoms with van der Waals surface area (Å²) in [5.74, 6) is 1.17. The van der Waals surface area contributed by atoms with Crippen molar-refractivity contribution in [2.45, 2.75) is 32.6 Å². The van der Waals surface area contributed by atoms with Crippen molar-refractivity contribution in [1.29, 1.82) is 0 Å². The summed E-state index contributed by atoms with van der Waals surface area (Å²) in [6.07, 6.45) is 2.74. The molecule has 29 heavy (non-hydrogen) atoms. The summed E-state index contributed by atoms with van der Waals surface area (Å²) in [6.45, 7) is 9.68. The van der Waals surface area contributed by atoms with E-state index in [9.17, 15) is 4.79 Å². The number of hydrogen-bond acceptors (Lipinski definition) is 6. The molecule has 1 fully saturated rings. The van der Waals surface area contributed by atoms with Crippen LogP contribution in [0.4, 0.5) is 0 Å². The fourth-order valence-corrected chi connectivity index (χ4v) is 3.55. The highest BCUT2D eigenvalue weighted by Gasteiger charge is 2.14. The highest BCUT2D eigenvalue weighted by atomic mass is 35.5. The Morgan fingerprint density at radius 2 is 1.86 bits per heavy atom. The van der Waals surface area contributed by atoms with Gasteiger partial charge in [-0.2, -0.15) is 4.98 Å². The monoisotopic (exact) mass is 419 g/mol. The number of piperazine rings is 1. The molecule has 1 aliphatic heterocycles. The van der Waals surface area contributed by atoms with Crippen molar-refractivity contribution in [3.8, 4) is 11.4 Å². The molecule has 0 aliphatic carbocycles. The van der Waals surface area contributed by atoms with Crippen molar-refractivity contribution in [1.82, 2.24) is 25.3 Å². The van der Waals surface area contributed by atoms with Gasteiger partial charge in [-0.05, 0) is 50.2 Å². The Labute approximate surface area is 177 Å². The van der Waals surface area contributed by atoms with Gasteiger partial charge in [0.1, 0.15) is 0 Å². The van der Waals surface area contributed by atoms with Crippen LogP contribution in [0.2, 0.25) is 5.02 Å². The Bertz CT molecular complexity index is 757. The highest BCUT2D eigenvalue weighted by molar-refractivity contribution is 6.30. The molecule has 0 saturated carbocycles. The lowest BCUT2D eigenvalue weighted by atomic mass is 10.2. The van der Waals surface area contributed by atoms with Gasteiger partial charge in [0.05, 0.1) is 0 Å². The van der Waals surface area contributed by atoms with E-state index >= 15 is 0 Å². The SMILES string of the molecule is CCN1CCN(CCCNC(=O)CCCc2nc(-c3ccc(Cl)cc3)no2)CC1. The zero-order valence-corrected chi connectivity index (χ0v) is 17.8. The first-order valence-electron chi connectivity index (χ1n) is 10.4. The third-order valence-corrected chi connectivity index (χ3v) is 5.50. The van der Waals surface area contributed by atoms with E-state index in [0.717, 1.165) is 57.8 Å². The Morgan fingerprint density at radius 3 is 2.59 bits per heavy atom. The molecule has 3 rings (SSSR count). The molecule has 1 N–H and O–H groups in total. The second-order valence-corrected chi connectivity index (χ2v) is 7.79. The van der Waals surface area contributed by atoms with Crippen molar-refractivity contribution in [2.24, 2.45) is 0 Å². The predicted octanol–water partition coefficient (Wildman–Crippen LogP) is 2.86. The van der Waals surface area contributed by atoms with Gasteiger partial charge in [-0.3, -0.25) is 4.79 Å². The van der Waals surface area contributed by atoms with Crippen molar-refractivity contribution in [2.75, 3.05) is 45.8 Å². The number of nitrogens with zero attached hydrogens (tertiary/aromatic N) is 4. The molecule has 8 heteroatoms. The van der Waals surface area contributed by atoms with Crippen molar-refractivity contribution >= 4 is 17.5 Å². The summed E-state index contributed by atoms with van der Waals surface area (Å²) < 4.78 is 5.28. The summed E-state index contributed by atoms with van der Waals surface area (Å²) in [5.41, 5.74) is 0.859. The highest BCUT2D eigenvalue weighted by Crippen LogP contribution is 2.19. The minimum absolute atomic E-state index is 0.0817. The van der Waals surface area contributed by atoms with Crippen molar-refractivity contribution < 1.29 is 9.32 Å². The summed E-state index contributed by atoms with van der Waals surface area (Å²) in [6, 6.07) is 7.30. The molecule has 1 aromatic heterocycles. The minimum atomic E-state index is 0.0817. The van der Waals surface area contributed by atoms with Crippen LogP contribution in [0.5, 0.6) is 0 Å². The summed E-state index contributed by atoms with van der Waals surface area (Å²) >= 11 is 5.89. The molecule has 0 spiro atoms. The quantitative estimate of drug-likeness (QED) is 0.597. The number of rotatable bonds is 10. The molecule has 0 atom stereocenters. The van der Waals surface area contributed by atoms with Gasteiger partial charge in [0, 0.05) is 56.2 Å². The largest absolute Gasteiger partial charge is 0.356 e. The standard InChI is InChI=1S/C21H30ClN5O2/c1-2-26-13-15-27(16-14-26)12-4-11-23-19(28)5-3-6-20-24-21(25-29-20)17-7-9-18(22)10-8-17/h7-10H,2-6,11-16H2,1H3,(H,23,28). The van der Waals surface area contributed by atoms with Gasteiger partial charge >= 0.3 is 0 Å². The van der Waals surface area contributed by atoms with Gasteiger partial charge in [0.15, 0.2) is 0 Å². The molecule has 0 radical (unpaired) electrons. The number of benzene rings is 1. The number of halogens is 1. The first kappa shape index (κ1) is 21.7. The summed E-state index contributed by atoms with van der Waals surface area (Å²) in [7, 11) is 0. The first-order chi connectivity index (χ1) is 14.1. The predicted molar refractivity (Wildman–Crippen MR) is 114 cm³/mol. The number of nitrogens with one attached hydrogen (secondary N) is 1.